The number of hydrogen-bond acceptors (Lipinski definition) is 2. The van der Waals surface area contributed by atoms with Crippen LogP contribution in [0, 0.1) is 0 Å². The molecule has 0 spiro atoms. The van der Waals surface area contributed by atoms with Gasteiger partial charge in [-0.2, -0.15) is 0 Å². The molecular weight excluding hydrogens is 232 g/mol. The highest BCUT2D eigenvalue weighted by molar-refractivity contribution is 5.86. The average Bonchev–Trinajstić information content (AvgIpc) is 2.71. The average molecular weight is 248 g/mol. The van der Waals surface area contributed by atoms with Crippen LogP contribution in [0.5, 0.6) is 5.75 Å². The van der Waals surface area contributed by atoms with Crippen LogP contribution >= 0.6 is 0 Å². The van der Waals surface area contributed by atoms with E-state index in [9.17, 15) is 4.79 Å². The zero-order chi connectivity index (χ0) is 13.1. The lowest BCUT2D eigenvalue weighted by molar-refractivity contribution is 0.194. The molecule has 0 unspecified atom stereocenters. The molecule has 2 aromatic rings. The number of carbonyl (C=O) groups is 1. The standard InChI is InChI=1S/C13H16N2O3/c1-15-8-6-9-10(5-7-14-13(16)17)12(18-2)4-3-11(9)15/h3-4,6,8,14H,5,7H2,1-2H3,(H,16,17). The normalized spacial score (nSPS) is 10.6. The molecule has 96 valence electrons. The Morgan fingerprint density at radius 3 is 2.89 bits per heavy atom. The summed E-state index contributed by atoms with van der Waals surface area (Å²) in [6.07, 6.45) is 1.59. The molecule has 0 radical (unpaired) electrons. The van der Waals surface area contributed by atoms with Crippen molar-refractivity contribution in [3.63, 3.8) is 0 Å². The number of hydrogen-bond donors (Lipinski definition) is 2. The highest BCUT2D eigenvalue weighted by Crippen LogP contribution is 2.28. The van der Waals surface area contributed by atoms with Crippen LogP contribution < -0.4 is 10.1 Å². The summed E-state index contributed by atoms with van der Waals surface area (Å²) in [5.74, 6) is 0.792. The van der Waals surface area contributed by atoms with Crippen molar-refractivity contribution >= 4 is 17.0 Å². The lowest BCUT2D eigenvalue weighted by atomic mass is 10.1. The van der Waals surface area contributed by atoms with Crippen LogP contribution in [-0.4, -0.2) is 29.4 Å². The van der Waals surface area contributed by atoms with Gasteiger partial charge in [-0.05, 0) is 24.6 Å². The monoisotopic (exact) mass is 248 g/mol. The van der Waals surface area contributed by atoms with Gasteiger partial charge in [0, 0.05) is 36.3 Å². The van der Waals surface area contributed by atoms with Crippen molar-refractivity contribution in [2.75, 3.05) is 13.7 Å². The van der Waals surface area contributed by atoms with Crippen LogP contribution in [0.25, 0.3) is 10.9 Å². The third kappa shape index (κ3) is 2.25. The Bertz CT molecular complexity index is 575. The predicted molar refractivity (Wildman–Crippen MR) is 69.2 cm³/mol. The molecular formula is C13H16N2O3. The summed E-state index contributed by atoms with van der Waals surface area (Å²) >= 11 is 0. The van der Waals surface area contributed by atoms with Crippen LogP contribution in [0.1, 0.15) is 5.56 Å². The van der Waals surface area contributed by atoms with Gasteiger partial charge in [0.05, 0.1) is 7.11 Å². The Labute approximate surface area is 105 Å². The van der Waals surface area contributed by atoms with Gasteiger partial charge in [0.25, 0.3) is 0 Å². The van der Waals surface area contributed by atoms with Crippen molar-refractivity contribution in [2.45, 2.75) is 6.42 Å². The first-order valence-corrected chi connectivity index (χ1v) is 5.71. The van der Waals surface area contributed by atoms with E-state index in [2.05, 4.69) is 5.32 Å². The number of amides is 1. The van der Waals surface area contributed by atoms with Gasteiger partial charge < -0.3 is 19.7 Å². The van der Waals surface area contributed by atoms with E-state index in [-0.39, 0.29) is 0 Å². The SMILES string of the molecule is COc1ccc2c(ccn2C)c1CCNC(=O)O. The van der Waals surface area contributed by atoms with Crippen molar-refractivity contribution in [3.05, 3.63) is 30.0 Å². The van der Waals surface area contributed by atoms with Gasteiger partial charge in [-0.25, -0.2) is 4.79 Å². The van der Waals surface area contributed by atoms with Gasteiger partial charge in [0.15, 0.2) is 0 Å². The minimum atomic E-state index is -1.01. The summed E-state index contributed by atoms with van der Waals surface area (Å²) in [4.78, 5) is 10.5. The lowest BCUT2D eigenvalue weighted by Crippen LogP contribution is -2.23. The van der Waals surface area contributed by atoms with E-state index >= 15 is 0 Å². The summed E-state index contributed by atoms with van der Waals surface area (Å²) in [5, 5.41) is 12.1. The van der Waals surface area contributed by atoms with E-state index in [0.29, 0.717) is 13.0 Å². The van der Waals surface area contributed by atoms with Crippen LogP contribution in [0.3, 0.4) is 0 Å². The molecule has 0 saturated heterocycles. The van der Waals surface area contributed by atoms with E-state index in [1.807, 2.05) is 36.0 Å². The summed E-state index contributed by atoms with van der Waals surface area (Å²) in [5.41, 5.74) is 2.14. The van der Waals surface area contributed by atoms with Gasteiger partial charge in [0.1, 0.15) is 5.75 Å². The van der Waals surface area contributed by atoms with Gasteiger partial charge in [-0.15, -0.1) is 0 Å². The van der Waals surface area contributed by atoms with E-state index in [1.54, 1.807) is 7.11 Å². The first-order valence-electron chi connectivity index (χ1n) is 5.71. The number of aromatic nitrogens is 1. The molecule has 5 heteroatoms. The Morgan fingerprint density at radius 1 is 1.44 bits per heavy atom. The van der Waals surface area contributed by atoms with E-state index < -0.39 is 6.09 Å². The molecule has 2 rings (SSSR count). The van der Waals surface area contributed by atoms with Crippen molar-refractivity contribution in [1.29, 1.82) is 0 Å². The van der Waals surface area contributed by atoms with Gasteiger partial charge >= 0.3 is 6.09 Å². The lowest BCUT2D eigenvalue weighted by Gasteiger charge is -2.10. The highest BCUT2D eigenvalue weighted by atomic mass is 16.5. The van der Waals surface area contributed by atoms with Crippen molar-refractivity contribution < 1.29 is 14.6 Å². The first kappa shape index (κ1) is 12.3. The fourth-order valence-electron chi connectivity index (χ4n) is 2.14. The molecule has 1 aromatic heterocycles. The van der Waals surface area contributed by atoms with Gasteiger partial charge in [0.2, 0.25) is 0 Å². The number of methoxy groups -OCH3 is 1. The van der Waals surface area contributed by atoms with Gasteiger partial charge in [-0.1, -0.05) is 0 Å². The molecule has 0 fully saturated rings. The van der Waals surface area contributed by atoms with Crippen LogP contribution in [0.2, 0.25) is 0 Å². The number of nitrogens with one attached hydrogen (secondary N) is 1. The maximum Gasteiger partial charge on any atom is 0.404 e. The predicted octanol–water partition coefficient (Wildman–Crippen LogP) is 2.00. The molecule has 0 bridgehead atoms. The second-order valence-electron chi connectivity index (χ2n) is 4.09. The Kier molecular flexibility index (Phi) is 3.41. The molecule has 1 amide bonds. The van der Waals surface area contributed by atoms with Gasteiger partial charge in [-0.3, -0.25) is 0 Å². The number of benzene rings is 1. The maximum atomic E-state index is 10.5. The zero-order valence-corrected chi connectivity index (χ0v) is 10.4. The summed E-state index contributed by atoms with van der Waals surface area (Å²) < 4.78 is 7.37. The second kappa shape index (κ2) is 5.00. The molecule has 0 aliphatic carbocycles. The minimum absolute atomic E-state index is 0.375. The number of nitrogens with zero attached hydrogens (tertiary/aromatic N) is 1. The Balaban J connectivity index is 2.35. The molecule has 0 saturated carbocycles. The quantitative estimate of drug-likeness (QED) is 0.869. The van der Waals surface area contributed by atoms with E-state index in [1.165, 1.54) is 0 Å². The molecule has 2 N–H and O–H groups in total. The topological polar surface area (TPSA) is 63.5 Å². The third-order valence-electron chi connectivity index (χ3n) is 3.01. The Morgan fingerprint density at radius 2 is 2.22 bits per heavy atom. The molecule has 1 aromatic carbocycles. The number of aryl methyl sites for hydroxylation is 1. The molecule has 0 aliphatic rings. The summed E-state index contributed by atoms with van der Waals surface area (Å²) in [6.45, 7) is 0.375. The summed E-state index contributed by atoms with van der Waals surface area (Å²) in [7, 11) is 3.60. The fraction of sp³-hybridized carbons (Fsp3) is 0.308. The van der Waals surface area contributed by atoms with Crippen LogP contribution in [0.15, 0.2) is 24.4 Å². The second-order valence-corrected chi connectivity index (χ2v) is 4.09. The molecule has 1 heterocycles. The number of carboxylic acid groups (broad SMARTS) is 1. The molecule has 0 atom stereocenters. The fourth-order valence-corrected chi connectivity index (χ4v) is 2.14. The zero-order valence-electron chi connectivity index (χ0n) is 10.4. The smallest absolute Gasteiger partial charge is 0.404 e. The summed E-state index contributed by atoms with van der Waals surface area (Å²) in [6, 6.07) is 5.94. The van der Waals surface area contributed by atoms with Crippen LogP contribution in [-0.2, 0) is 13.5 Å². The van der Waals surface area contributed by atoms with Crippen molar-refractivity contribution in [1.82, 2.24) is 9.88 Å². The number of ether oxygens (including phenoxy) is 1. The largest absolute Gasteiger partial charge is 0.496 e. The molecule has 18 heavy (non-hydrogen) atoms. The van der Waals surface area contributed by atoms with Crippen LogP contribution in [0.4, 0.5) is 4.79 Å². The first-order chi connectivity index (χ1) is 8.63. The Hall–Kier alpha value is -2.17. The third-order valence-corrected chi connectivity index (χ3v) is 3.01. The number of rotatable bonds is 4. The highest BCUT2D eigenvalue weighted by Gasteiger charge is 2.10. The van der Waals surface area contributed by atoms with Crippen molar-refractivity contribution in [2.24, 2.45) is 7.05 Å². The van der Waals surface area contributed by atoms with E-state index in [4.69, 9.17) is 9.84 Å². The van der Waals surface area contributed by atoms with Crippen molar-refractivity contribution in [3.8, 4) is 5.75 Å². The maximum absolute atomic E-state index is 10.5. The number of fused-ring (bicyclic) bond motifs is 1. The van der Waals surface area contributed by atoms with E-state index in [0.717, 1.165) is 22.2 Å². The molecule has 0 aliphatic heterocycles. The minimum Gasteiger partial charge on any atom is -0.496 e. The molecule has 5 nitrogen and oxygen atoms in total.